The van der Waals surface area contributed by atoms with Crippen LogP contribution in [0.2, 0.25) is 0 Å². The minimum absolute atomic E-state index is 0.0421. The van der Waals surface area contributed by atoms with E-state index in [4.69, 9.17) is 0 Å². The number of nitrogens with zero attached hydrogens (tertiary/aromatic N) is 1. The maximum absolute atomic E-state index is 13.0. The van der Waals surface area contributed by atoms with Crippen LogP contribution >= 0.6 is 0 Å². The third kappa shape index (κ3) is 3.32. The smallest absolute Gasteiger partial charge is 0.287 e. The van der Waals surface area contributed by atoms with Crippen LogP contribution in [0, 0.1) is 0 Å². The highest BCUT2D eigenvalue weighted by Gasteiger charge is 2.41. The fourth-order valence-electron chi connectivity index (χ4n) is 1.60. The molecule has 0 heterocycles. The predicted octanol–water partition coefficient (Wildman–Crippen LogP) is 4.20. The fourth-order valence-corrected chi connectivity index (χ4v) is 1.60. The average Bonchev–Trinajstić information content (AvgIpc) is 2.45. The topological polar surface area (TPSA) is 29.4 Å². The molecule has 0 saturated carbocycles. The van der Waals surface area contributed by atoms with E-state index in [1.54, 1.807) is 24.3 Å². The van der Waals surface area contributed by atoms with Crippen molar-refractivity contribution in [2.24, 2.45) is 4.99 Å². The summed E-state index contributed by atoms with van der Waals surface area (Å²) in [6.45, 7) is 0. The molecule has 2 nitrogen and oxygen atoms in total. The van der Waals surface area contributed by atoms with Crippen LogP contribution in [0.25, 0.3) is 0 Å². The number of halogens is 3. The highest BCUT2D eigenvalue weighted by molar-refractivity contribution is 6.48. The van der Waals surface area contributed by atoms with Gasteiger partial charge in [0.25, 0.3) is 0 Å². The van der Waals surface area contributed by atoms with E-state index in [0.717, 1.165) is 0 Å². The number of alkyl halides is 3. The maximum Gasteiger partial charge on any atom is 0.437 e. The lowest BCUT2D eigenvalue weighted by atomic mass is 10.1. The minimum Gasteiger partial charge on any atom is -0.287 e. The number of hydrogen-bond acceptors (Lipinski definition) is 2. The van der Waals surface area contributed by atoms with Crippen molar-refractivity contribution in [2.75, 3.05) is 0 Å². The number of carbonyl (C=O) groups excluding carboxylic acids is 1. The first kappa shape index (κ1) is 14.0. The third-order valence-electron chi connectivity index (χ3n) is 2.52. The van der Waals surface area contributed by atoms with Gasteiger partial charge in [0.05, 0.1) is 5.69 Å². The van der Waals surface area contributed by atoms with Gasteiger partial charge in [-0.25, -0.2) is 4.99 Å². The second kappa shape index (κ2) is 5.69. The summed E-state index contributed by atoms with van der Waals surface area (Å²) in [5, 5.41) is 0. The van der Waals surface area contributed by atoms with E-state index < -0.39 is 17.7 Å². The lowest BCUT2D eigenvalue weighted by molar-refractivity contribution is -0.0581. The van der Waals surface area contributed by atoms with E-state index in [1.807, 2.05) is 0 Å². The lowest BCUT2D eigenvalue weighted by Gasteiger charge is -2.09. The molecule has 0 aliphatic carbocycles. The Morgan fingerprint density at radius 1 is 0.850 bits per heavy atom. The molecular formula is C15H10F3NO. The number of carbonyl (C=O) groups is 1. The summed E-state index contributed by atoms with van der Waals surface area (Å²) in [7, 11) is 0. The van der Waals surface area contributed by atoms with E-state index >= 15 is 0 Å². The molecule has 0 radical (unpaired) electrons. The Kier molecular flexibility index (Phi) is 3.98. The van der Waals surface area contributed by atoms with E-state index in [0.29, 0.717) is 0 Å². The molecule has 5 heteroatoms. The van der Waals surface area contributed by atoms with Gasteiger partial charge in [0.1, 0.15) is 0 Å². The molecule has 0 aromatic heterocycles. The van der Waals surface area contributed by atoms with Crippen LogP contribution in [-0.2, 0) is 0 Å². The van der Waals surface area contributed by atoms with Gasteiger partial charge in [0, 0.05) is 5.56 Å². The Labute approximate surface area is 113 Å². The molecule has 0 fully saturated rings. The van der Waals surface area contributed by atoms with Crippen LogP contribution in [0.15, 0.2) is 65.7 Å². The van der Waals surface area contributed by atoms with Crippen molar-refractivity contribution in [3.8, 4) is 0 Å². The standard InChI is InChI=1S/C15H10F3NO/c16-15(17,18)14(19-12-9-5-2-6-10-12)13(20)11-7-3-1-4-8-11/h1-10H. The molecule has 0 amide bonds. The first-order valence-corrected chi connectivity index (χ1v) is 5.79. The normalized spacial score (nSPS) is 12.2. The van der Waals surface area contributed by atoms with Gasteiger partial charge >= 0.3 is 6.18 Å². The van der Waals surface area contributed by atoms with E-state index in [-0.39, 0.29) is 11.3 Å². The third-order valence-corrected chi connectivity index (χ3v) is 2.52. The molecule has 2 aromatic carbocycles. The molecule has 20 heavy (non-hydrogen) atoms. The molecule has 2 aromatic rings. The van der Waals surface area contributed by atoms with Gasteiger partial charge in [-0.2, -0.15) is 13.2 Å². The SMILES string of the molecule is O=C(C(=Nc1ccccc1)C(F)(F)F)c1ccccc1. The van der Waals surface area contributed by atoms with Crippen molar-refractivity contribution in [3.63, 3.8) is 0 Å². The first-order chi connectivity index (χ1) is 9.48. The molecule has 0 saturated heterocycles. The van der Waals surface area contributed by atoms with Gasteiger partial charge in [0.15, 0.2) is 5.71 Å². The van der Waals surface area contributed by atoms with Crippen LogP contribution in [-0.4, -0.2) is 17.7 Å². The molecular weight excluding hydrogens is 267 g/mol. The van der Waals surface area contributed by atoms with Crippen molar-refractivity contribution >= 4 is 17.2 Å². The molecule has 102 valence electrons. The molecule has 0 N–H and O–H groups in total. The molecule has 2 rings (SSSR count). The first-order valence-electron chi connectivity index (χ1n) is 5.79. The zero-order valence-corrected chi connectivity index (χ0v) is 10.3. The predicted molar refractivity (Wildman–Crippen MR) is 70.4 cm³/mol. The zero-order chi connectivity index (χ0) is 14.6. The average molecular weight is 277 g/mol. The molecule has 0 spiro atoms. The quantitative estimate of drug-likeness (QED) is 0.610. The molecule has 0 bridgehead atoms. The van der Waals surface area contributed by atoms with E-state index in [1.165, 1.54) is 36.4 Å². The summed E-state index contributed by atoms with van der Waals surface area (Å²) in [5.41, 5.74) is -1.38. The number of Topliss-reactive ketones (excluding diaryl/α,β-unsaturated/α-hetero) is 1. The summed E-state index contributed by atoms with van der Waals surface area (Å²) in [6.07, 6.45) is -4.80. The number of hydrogen-bond donors (Lipinski definition) is 0. The van der Waals surface area contributed by atoms with Crippen LogP contribution in [0.1, 0.15) is 10.4 Å². The van der Waals surface area contributed by atoms with Crippen molar-refractivity contribution in [3.05, 3.63) is 66.2 Å². The summed E-state index contributed by atoms with van der Waals surface area (Å²) in [6, 6.07) is 14.9. The Balaban J connectivity index is 2.45. The maximum atomic E-state index is 13.0. The van der Waals surface area contributed by atoms with Crippen molar-refractivity contribution in [1.29, 1.82) is 0 Å². The van der Waals surface area contributed by atoms with Crippen molar-refractivity contribution in [1.82, 2.24) is 0 Å². The summed E-state index contributed by atoms with van der Waals surface area (Å²) in [4.78, 5) is 15.4. The molecule has 0 unspecified atom stereocenters. The van der Waals surface area contributed by atoms with E-state index in [2.05, 4.69) is 4.99 Å². The van der Waals surface area contributed by atoms with Gasteiger partial charge in [-0.05, 0) is 12.1 Å². The van der Waals surface area contributed by atoms with Gasteiger partial charge in [-0.1, -0.05) is 48.5 Å². The Hall–Kier alpha value is -2.43. The summed E-state index contributed by atoms with van der Waals surface area (Å²) >= 11 is 0. The number of rotatable bonds is 3. The highest BCUT2D eigenvalue weighted by Crippen LogP contribution is 2.24. The monoisotopic (exact) mass is 277 g/mol. The summed E-state index contributed by atoms with van der Waals surface area (Å²) in [5.74, 6) is -1.14. The molecule has 0 atom stereocenters. The Morgan fingerprint density at radius 2 is 1.35 bits per heavy atom. The minimum atomic E-state index is -4.80. The van der Waals surface area contributed by atoms with Gasteiger partial charge in [0.2, 0.25) is 5.78 Å². The number of benzene rings is 2. The largest absolute Gasteiger partial charge is 0.437 e. The van der Waals surface area contributed by atoms with Gasteiger partial charge in [-0.15, -0.1) is 0 Å². The summed E-state index contributed by atoms with van der Waals surface area (Å²) < 4.78 is 39.0. The molecule has 0 aliphatic rings. The van der Waals surface area contributed by atoms with Gasteiger partial charge in [-0.3, -0.25) is 4.79 Å². The number of ketones is 1. The second-order valence-electron chi connectivity index (χ2n) is 3.99. The highest BCUT2D eigenvalue weighted by atomic mass is 19.4. The lowest BCUT2D eigenvalue weighted by Crippen LogP contribution is -2.31. The molecule has 0 aliphatic heterocycles. The second-order valence-corrected chi connectivity index (χ2v) is 3.99. The van der Waals surface area contributed by atoms with Crippen LogP contribution in [0.3, 0.4) is 0 Å². The van der Waals surface area contributed by atoms with Crippen LogP contribution < -0.4 is 0 Å². The zero-order valence-electron chi connectivity index (χ0n) is 10.3. The van der Waals surface area contributed by atoms with Crippen molar-refractivity contribution < 1.29 is 18.0 Å². The fraction of sp³-hybridized carbons (Fsp3) is 0.0667. The van der Waals surface area contributed by atoms with Crippen LogP contribution in [0.4, 0.5) is 18.9 Å². The Morgan fingerprint density at radius 3 is 1.85 bits per heavy atom. The van der Waals surface area contributed by atoms with Crippen LogP contribution in [0.5, 0.6) is 0 Å². The van der Waals surface area contributed by atoms with Gasteiger partial charge < -0.3 is 0 Å². The number of para-hydroxylation sites is 1. The Bertz CT molecular complexity index is 619. The van der Waals surface area contributed by atoms with E-state index in [9.17, 15) is 18.0 Å². The number of aliphatic imine (C=N–C) groups is 1. The van der Waals surface area contributed by atoms with Crippen molar-refractivity contribution in [2.45, 2.75) is 6.18 Å².